The van der Waals surface area contributed by atoms with Crippen molar-refractivity contribution < 1.29 is 14.6 Å². The van der Waals surface area contributed by atoms with Crippen molar-refractivity contribution in [3.63, 3.8) is 0 Å². The van der Waals surface area contributed by atoms with Gasteiger partial charge in [0.2, 0.25) is 0 Å². The fraction of sp³-hybridized carbons (Fsp3) is 0.909. The van der Waals surface area contributed by atoms with E-state index in [4.69, 9.17) is 0 Å². The van der Waals surface area contributed by atoms with Crippen molar-refractivity contribution in [2.24, 2.45) is 11.8 Å². The molecule has 0 aromatic heterocycles. The summed E-state index contributed by atoms with van der Waals surface area (Å²) in [5.41, 5.74) is 0. The highest BCUT2D eigenvalue weighted by Crippen LogP contribution is 2.19. The molecule has 0 fully saturated rings. The summed E-state index contributed by atoms with van der Waals surface area (Å²) in [5.74, 6) is -0.160. The number of hydrogen-bond donors (Lipinski definition) is 1. The van der Waals surface area contributed by atoms with Crippen LogP contribution >= 0.6 is 0 Å². The molecule has 0 rings (SSSR count). The van der Waals surface area contributed by atoms with Gasteiger partial charge >= 0.3 is 5.97 Å². The van der Waals surface area contributed by atoms with Crippen molar-refractivity contribution in [1.82, 2.24) is 0 Å². The first-order chi connectivity index (χ1) is 6.56. The summed E-state index contributed by atoms with van der Waals surface area (Å²) in [6, 6.07) is 0. The van der Waals surface area contributed by atoms with E-state index < -0.39 is 0 Å². The molecule has 14 heavy (non-hydrogen) atoms. The van der Waals surface area contributed by atoms with Crippen LogP contribution in [0.25, 0.3) is 0 Å². The molecule has 0 saturated heterocycles. The monoisotopic (exact) mass is 202 g/mol. The zero-order chi connectivity index (χ0) is 11.1. The molecule has 0 aromatic carbocycles. The van der Waals surface area contributed by atoms with Gasteiger partial charge < -0.3 is 9.84 Å². The third-order valence-corrected chi connectivity index (χ3v) is 2.79. The summed E-state index contributed by atoms with van der Waals surface area (Å²) in [4.78, 5) is 11.1. The van der Waals surface area contributed by atoms with E-state index in [1.807, 2.05) is 0 Å². The lowest BCUT2D eigenvalue weighted by Gasteiger charge is -2.22. The van der Waals surface area contributed by atoms with Crippen molar-refractivity contribution in [2.45, 2.75) is 46.1 Å². The van der Waals surface area contributed by atoms with E-state index in [1.165, 1.54) is 7.11 Å². The Hall–Kier alpha value is -0.570. The van der Waals surface area contributed by atoms with Crippen LogP contribution in [0.3, 0.4) is 0 Å². The van der Waals surface area contributed by atoms with Gasteiger partial charge in [-0.2, -0.15) is 0 Å². The standard InChI is InChI=1S/C11H22O3/c1-5-9(6-2)10(12)7-8(3)11(13)14-4/h8-10,12H,5-7H2,1-4H3. The number of aliphatic hydroxyl groups excluding tert-OH is 1. The number of methoxy groups -OCH3 is 1. The van der Waals surface area contributed by atoms with Gasteiger partial charge in [-0.1, -0.05) is 33.6 Å². The SMILES string of the molecule is CCC(CC)C(O)CC(C)C(=O)OC. The first-order valence-electron chi connectivity index (χ1n) is 5.32. The van der Waals surface area contributed by atoms with E-state index in [0.29, 0.717) is 12.3 Å². The summed E-state index contributed by atoms with van der Waals surface area (Å²) in [6.45, 7) is 5.90. The Morgan fingerprint density at radius 3 is 2.21 bits per heavy atom. The Balaban J connectivity index is 4.03. The highest BCUT2D eigenvalue weighted by molar-refractivity contribution is 5.71. The number of carbonyl (C=O) groups is 1. The predicted molar refractivity (Wildman–Crippen MR) is 55.9 cm³/mol. The largest absolute Gasteiger partial charge is 0.469 e. The van der Waals surface area contributed by atoms with Gasteiger partial charge in [-0.05, 0) is 12.3 Å². The van der Waals surface area contributed by atoms with Crippen molar-refractivity contribution in [2.75, 3.05) is 7.11 Å². The first-order valence-corrected chi connectivity index (χ1v) is 5.32. The van der Waals surface area contributed by atoms with Crippen LogP contribution in [0.4, 0.5) is 0 Å². The van der Waals surface area contributed by atoms with Gasteiger partial charge in [0.05, 0.1) is 19.1 Å². The summed E-state index contributed by atoms with van der Waals surface area (Å²) in [6.07, 6.45) is 2.01. The van der Waals surface area contributed by atoms with Gasteiger partial charge in [-0.3, -0.25) is 4.79 Å². The molecule has 0 heterocycles. The maximum absolute atomic E-state index is 11.1. The Morgan fingerprint density at radius 2 is 1.86 bits per heavy atom. The predicted octanol–water partition coefficient (Wildman–Crippen LogP) is 1.98. The number of aliphatic hydroxyl groups is 1. The van der Waals surface area contributed by atoms with Crippen LogP contribution in [0.15, 0.2) is 0 Å². The van der Waals surface area contributed by atoms with Crippen molar-refractivity contribution in [1.29, 1.82) is 0 Å². The van der Waals surface area contributed by atoms with Gasteiger partial charge in [0.1, 0.15) is 0 Å². The van der Waals surface area contributed by atoms with Crippen LogP contribution in [0.2, 0.25) is 0 Å². The van der Waals surface area contributed by atoms with Crippen LogP contribution in [0.5, 0.6) is 0 Å². The molecule has 0 spiro atoms. The molecule has 0 aliphatic rings. The minimum Gasteiger partial charge on any atom is -0.469 e. The van der Waals surface area contributed by atoms with Crippen molar-refractivity contribution >= 4 is 5.97 Å². The zero-order valence-electron chi connectivity index (χ0n) is 9.62. The highest BCUT2D eigenvalue weighted by atomic mass is 16.5. The third-order valence-electron chi connectivity index (χ3n) is 2.79. The average Bonchev–Trinajstić information content (AvgIpc) is 2.18. The topological polar surface area (TPSA) is 46.5 Å². The van der Waals surface area contributed by atoms with Crippen molar-refractivity contribution in [3.05, 3.63) is 0 Å². The lowest BCUT2D eigenvalue weighted by atomic mass is 9.90. The molecule has 0 aromatic rings. The Bertz CT molecular complexity index is 164. The van der Waals surface area contributed by atoms with E-state index >= 15 is 0 Å². The van der Waals surface area contributed by atoms with Gasteiger partial charge in [0.15, 0.2) is 0 Å². The van der Waals surface area contributed by atoms with Crippen LogP contribution in [-0.4, -0.2) is 24.3 Å². The molecule has 3 heteroatoms. The molecule has 0 radical (unpaired) electrons. The van der Waals surface area contributed by atoms with E-state index in [9.17, 15) is 9.90 Å². The van der Waals surface area contributed by atoms with E-state index in [0.717, 1.165) is 12.8 Å². The Kier molecular flexibility index (Phi) is 6.54. The summed E-state index contributed by atoms with van der Waals surface area (Å²) >= 11 is 0. The van der Waals surface area contributed by atoms with Gasteiger partial charge in [-0.15, -0.1) is 0 Å². The Morgan fingerprint density at radius 1 is 1.36 bits per heavy atom. The molecular weight excluding hydrogens is 180 g/mol. The smallest absolute Gasteiger partial charge is 0.308 e. The second-order valence-electron chi connectivity index (χ2n) is 3.80. The molecule has 0 saturated carbocycles. The van der Waals surface area contributed by atoms with Crippen LogP contribution < -0.4 is 0 Å². The second kappa shape index (κ2) is 6.82. The molecule has 2 unspecified atom stereocenters. The van der Waals surface area contributed by atoms with E-state index in [1.54, 1.807) is 6.92 Å². The minimum absolute atomic E-state index is 0.212. The Labute approximate surface area is 86.5 Å². The number of hydrogen-bond acceptors (Lipinski definition) is 3. The molecule has 0 aliphatic carbocycles. The van der Waals surface area contributed by atoms with E-state index in [2.05, 4.69) is 18.6 Å². The minimum atomic E-state index is -0.390. The molecule has 1 N–H and O–H groups in total. The number of rotatable bonds is 6. The van der Waals surface area contributed by atoms with Crippen LogP contribution in [-0.2, 0) is 9.53 Å². The molecular formula is C11H22O3. The highest BCUT2D eigenvalue weighted by Gasteiger charge is 2.22. The maximum atomic E-state index is 11.1. The molecule has 2 atom stereocenters. The van der Waals surface area contributed by atoms with Crippen LogP contribution in [0.1, 0.15) is 40.0 Å². The fourth-order valence-electron chi connectivity index (χ4n) is 1.68. The number of carbonyl (C=O) groups excluding carboxylic acids is 1. The third kappa shape index (κ3) is 4.09. The molecule has 0 bridgehead atoms. The molecule has 0 aliphatic heterocycles. The molecule has 0 amide bonds. The lowest BCUT2D eigenvalue weighted by molar-refractivity contribution is -0.146. The van der Waals surface area contributed by atoms with Gasteiger partial charge in [0.25, 0.3) is 0 Å². The first kappa shape index (κ1) is 13.4. The fourth-order valence-corrected chi connectivity index (χ4v) is 1.68. The maximum Gasteiger partial charge on any atom is 0.308 e. The number of ether oxygens (including phenoxy) is 1. The van der Waals surface area contributed by atoms with Gasteiger partial charge in [-0.25, -0.2) is 0 Å². The zero-order valence-corrected chi connectivity index (χ0v) is 9.62. The normalized spacial score (nSPS) is 15.3. The van der Waals surface area contributed by atoms with E-state index in [-0.39, 0.29) is 18.0 Å². The quantitative estimate of drug-likeness (QED) is 0.670. The van der Waals surface area contributed by atoms with Crippen molar-refractivity contribution in [3.8, 4) is 0 Å². The number of esters is 1. The summed E-state index contributed by atoms with van der Waals surface area (Å²) < 4.78 is 4.61. The van der Waals surface area contributed by atoms with Crippen LogP contribution in [0, 0.1) is 11.8 Å². The lowest BCUT2D eigenvalue weighted by Crippen LogP contribution is -2.25. The molecule has 84 valence electrons. The summed E-state index contributed by atoms with van der Waals surface area (Å²) in [7, 11) is 1.38. The second-order valence-corrected chi connectivity index (χ2v) is 3.80. The summed E-state index contributed by atoms with van der Waals surface area (Å²) in [5, 5.41) is 9.82. The van der Waals surface area contributed by atoms with Gasteiger partial charge in [0, 0.05) is 0 Å². The molecule has 3 nitrogen and oxygen atoms in total. The average molecular weight is 202 g/mol.